The van der Waals surface area contributed by atoms with Crippen molar-refractivity contribution in [3.05, 3.63) is 76.9 Å². The van der Waals surface area contributed by atoms with E-state index in [1.54, 1.807) is 21.9 Å². The first-order chi connectivity index (χ1) is 17.7. The van der Waals surface area contributed by atoms with Gasteiger partial charge in [0.25, 0.3) is 0 Å². The normalized spacial score (nSPS) is 20.8. The van der Waals surface area contributed by atoms with Crippen LogP contribution in [0.15, 0.2) is 49.0 Å². The van der Waals surface area contributed by atoms with Crippen LogP contribution in [0.3, 0.4) is 0 Å². The van der Waals surface area contributed by atoms with E-state index >= 15 is 0 Å². The smallest absolute Gasteiger partial charge is 0.335 e. The molecule has 0 spiro atoms. The molecule has 2 aliphatic heterocycles. The molecule has 2 heterocycles. The minimum Gasteiger partial charge on any atom is -0.335 e. The molecule has 3 unspecified atom stereocenters. The molecule has 2 aliphatic rings. The van der Waals surface area contributed by atoms with E-state index in [2.05, 4.69) is 6.58 Å². The molecule has 3 amide bonds. The highest BCUT2D eigenvalue weighted by molar-refractivity contribution is 5.81. The number of hydrogen-bond acceptors (Lipinski definition) is 2. The van der Waals surface area contributed by atoms with Crippen LogP contribution >= 0.6 is 0 Å². The number of urea groups is 1. The van der Waals surface area contributed by atoms with Gasteiger partial charge in [0.05, 0.1) is 29.3 Å². The van der Waals surface area contributed by atoms with Crippen LogP contribution in [0.25, 0.3) is 6.08 Å². The number of carbonyl (C=O) groups is 2. The summed E-state index contributed by atoms with van der Waals surface area (Å²) in [7, 11) is 1.35. The molecule has 0 aliphatic carbocycles. The predicted octanol–water partition coefficient (Wildman–Crippen LogP) is 6.53. The topological polar surface area (TPSA) is 43.9 Å². The molecule has 5 nitrogen and oxygen atoms in total. The molecule has 0 radical (unpaired) electrons. The second-order valence-corrected chi connectivity index (χ2v) is 9.57. The highest BCUT2D eigenvalue weighted by Crippen LogP contribution is 2.41. The number of fused-ring (bicyclic) bond motifs is 1. The number of rotatable bonds is 4. The number of amides is 3. The van der Waals surface area contributed by atoms with E-state index in [4.69, 9.17) is 0 Å². The lowest BCUT2D eigenvalue weighted by Crippen LogP contribution is -2.57. The van der Waals surface area contributed by atoms with Crippen molar-refractivity contribution in [2.45, 2.75) is 50.2 Å². The molecule has 2 aromatic rings. The fourth-order valence-electron chi connectivity index (χ4n) is 5.30. The third kappa shape index (κ3) is 5.10. The van der Waals surface area contributed by atoms with Crippen LogP contribution in [-0.4, -0.2) is 52.8 Å². The van der Waals surface area contributed by atoms with Crippen molar-refractivity contribution >= 4 is 18.0 Å². The van der Waals surface area contributed by atoms with E-state index in [0.29, 0.717) is 25.0 Å². The van der Waals surface area contributed by atoms with E-state index < -0.39 is 41.6 Å². The van der Waals surface area contributed by atoms with Crippen molar-refractivity contribution in [3.8, 4) is 0 Å². The summed E-state index contributed by atoms with van der Waals surface area (Å²) in [5, 5.41) is 0. The van der Waals surface area contributed by atoms with Gasteiger partial charge < -0.3 is 14.7 Å². The van der Waals surface area contributed by atoms with Gasteiger partial charge in [-0.15, -0.1) is 0 Å². The van der Waals surface area contributed by atoms with Gasteiger partial charge in [-0.3, -0.25) is 4.79 Å². The average Bonchev–Trinajstić information content (AvgIpc) is 3.26. The second-order valence-electron chi connectivity index (χ2n) is 9.57. The molecule has 38 heavy (non-hydrogen) atoms. The Hall–Kier alpha value is -3.50. The summed E-state index contributed by atoms with van der Waals surface area (Å²) >= 11 is 0. The van der Waals surface area contributed by atoms with E-state index in [1.807, 2.05) is 18.2 Å². The van der Waals surface area contributed by atoms with Crippen molar-refractivity contribution in [1.82, 2.24) is 14.7 Å². The Bertz CT molecular complexity index is 1210. The molecule has 204 valence electrons. The van der Waals surface area contributed by atoms with E-state index in [-0.39, 0.29) is 36.7 Å². The third-order valence-corrected chi connectivity index (χ3v) is 7.41. The monoisotopic (exact) mass is 539 g/mol. The fraction of sp³-hybridized carbons (Fsp3) is 0.407. The van der Waals surface area contributed by atoms with Gasteiger partial charge in [0.15, 0.2) is 0 Å². The molecule has 4 rings (SSSR count). The molecular formula is C27H27F6N3O2. The Morgan fingerprint density at radius 1 is 1.05 bits per heavy atom. The number of alkyl halides is 6. The maximum Gasteiger partial charge on any atom is 0.416 e. The Kier molecular flexibility index (Phi) is 7.24. The number of piperazine rings is 1. The van der Waals surface area contributed by atoms with Gasteiger partial charge >= 0.3 is 18.4 Å². The first-order valence-electron chi connectivity index (χ1n) is 12.1. The standard InChI is InChI=1S/C27H27F6N3O2/c1-4-17-7-5-6-8-21(17)24-22-9-10-23(37)35(22)11-12-36(24)25(38)34(3)16(2)18-13-19(26(28,29)30)15-20(14-18)27(31,32)33/h4-8,13-16,22,24H,1,9-12H2,2-3H3. The highest BCUT2D eigenvalue weighted by Gasteiger charge is 2.46. The molecular weight excluding hydrogens is 512 g/mol. The average molecular weight is 540 g/mol. The van der Waals surface area contributed by atoms with E-state index in [9.17, 15) is 35.9 Å². The summed E-state index contributed by atoms with van der Waals surface area (Å²) in [6, 6.07) is 6.08. The number of benzene rings is 2. The minimum atomic E-state index is -5.00. The second kappa shape index (κ2) is 9.99. The number of nitrogens with zero attached hydrogens (tertiary/aromatic N) is 3. The summed E-state index contributed by atoms with van der Waals surface area (Å²) < 4.78 is 80.5. The van der Waals surface area contributed by atoms with Gasteiger partial charge in [-0.2, -0.15) is 26.3 Å². The summed E-state index contributed by atoms with van der Waals surface area (Å²) in [6.45, 7) is 5.66. The molecule has 0 bridgehead atoms. The van der Waals surface area contributed by atoms with Gasteiger partial charge in [-0.25, -0.2) is 4.79 Å². The number of hydrogen-bond donors (Lipinski definition) is 0. The first-order valence-corrected chi connectivity index (χ1v) is 12.1. The minimum absolute atomic E-state index is 0.0199. The van der Waals surface area contributed by atoms with Crippen LogP contribution in [0.4, 0.5) is 31.1 Å². The Labute approximate surface area is 216 Å². The first kappa shape index (κ1) is 27.5. The zero-order chi connectivity index (χ0) is 28.0. The van der Waals surface area contributed by atoms with Gasteiger partial charge in [0, 0.05) is 26.6 Å². The Morgan fingerprint density at radius 3 is 2.24 bits per heavy atom. The van der Waals surface area contributed by atoms with Gasteiger partial charge in [0.1, 0.15) is 0 Å². The highest BCUT2D eigenvalue weighted by atomic mass is 19.4. The van der Waals surface area contributed by atoms with Crippen LogP contribution in [0.1, 0.15) is 59.7 Å². The zero-order valence-corrected chi connectivity index (χ0v) is 20.8. The Balaban J connectivity index is 1.71. The van der Waals surface area contributed by atoms with Crippen LogP contribution < -0.4 is 0 Å². The predicted molar refractivity (Wildman–Crippen MR) is 129 cm³/mol. The lowest BCUT2D eigenvalue weighted by Gasteiger charge is -2.47. The fourth-order valence-corrected chi connectivity index (χ4v) is 5.30. The summed E-state index contributed by atoms with van der Waals surface area (Å²) in [4.78, 5) is 30.7. The van der Waals surface area contributed by atoms with Gasteiger partial charge in [0.2, 0.25) is 5.91 Å². The molecule has 3 atom stereocenters. The maximum atomic E-state index is 13.8. The van der Waals surface area contributed by atoms with Crippen molar-refractivity contribution in [2.75, 3.05) is 20.1 Å². The van der Waals surface area contributed by atoms with Crippen LogP contribution in [0, 0.1) is 0 Å². The Morgan fingerprint density at radius 2 is 1.66 bits per heavy atom. The third-order valence-electron chi connectivity index (χ3n) is 7.41. The maximum absolute atomic E-state index is 13.8. The lowest BCUT2D eigenvalue weighted by molar-refractivity contribution is -0.143. The molecule has 2 saturated heterocycles. The molecule has 11 heteroatoms. The summed E-state index contributed by atoms with van der Waals surface area (Å²) in [6.07, 6.45) is -7.51. The van der Waals surface area contributed by atoms with E-state index in [1.165, 1.54) is 14.0 Å². The van der Waals surface area contributed by atoms with Crippen LogP contribution in [0.2, 0.25) is 0 Å². The number of carbonyl (C=O) groups excluding carboxylic acids is 2. The van der Waals surface area contributed by atoms with Crippen molar-refractivity contribution in [1.29, 1.82) is 0 Å². The molecule has 2 aromatic carbocycles. The van der Waals surface area contributed by atoms with Crippen molar-refractivity contribution in [2.24, 2.45) is 0 Å². The molecule has 0 aromatic heterocycles. The summed E-state index contributed by atoms with van der Waals surface area (Å²) in [5.41, 5.74) is -1.64. The lowest BCUT2D eigenvalue weighted by atomic mass is 9.90. The molecule has 0 N–H and O–H groups in total. The molecule has 0 saturated carbocycles. The molecule has 2 fully saturated rings. The van der Waals surface area contributed by atoms with Crippen molar-refractivity contribution in [3.63, 3.8) is 0 Å². The van der Waals surface area contributed by atoms with Gasteiger partial charge in [-0.1, -0.05) is 36.9 Å². The number of halogens is 6. The van der Waals surface area contributed by atoms with E-state index in [0.717, 1.165) is 16.0 Å². The largest absolute Gasteiger partial charge is 0.416 e. The van der Waals surface area contributed by atoms with Crippen LogP contribution in [0.5, 0.6) is 0 Å². The SMILES string of the molecule is C=Cc1ccccc1C1C2CCC(=O)N2CCN1C(=O)N(C)C(C)c1cc(C(F)(F)F)cc(C(F)(F)F)c1. The van der Waals surface area contributed by atoms with Crippen molar-refractivity contribution < 1.29 is 35.9 Å². The quantitative estimate of drug-likeness (QED) is 0.415. The zero-order valence-electron chi connectivity index (χ0n) is 20.8. The van der Waals surface area contributed by atoms with Crippen LogP contribution in [-0.2, 0) is 17.1 Å². The summed E-state index contributed by atoms with van der Waals surface area (Å²) in [5.74, 6) is -0.0199. The van der Waals surface area contributed by atoms with Gasteiger partial charge in [-0.05, 0) is 48.2 Å².